The molecule has 0 spiro atoms. The maximum Gasteiger partial charge on any atom is 0.265 e. The molecule has 29 heavy (non-hydrogen) atoms. The fourth-order valence-corrected chi connectivity index (χ4v) is 5.71. The van der Waals surface area contributed by atoms with E-state index in [0.29, 0.717) is 23.9 Å². The maximum absolute atomic E-state index is 13.5. The first kappa shape index (κ1) is 20.6. The number of hydrogen-bond acceptors (Lipinski definition) is 3. The summed E-state index contributed by atoms with van der Waals surface area (Å²) >= 11 is 0. The summed E-state index contributed by atoms with van der Waals surface area (Å²) in [6.45, 7) is 6.22. The number of halogens is 1. The van der Waals surface area contributed by atoms with Crippen LogP contribution in [0.25, 0.3) is 0 Å². The Balaban J connectivity index is 1.35. The Hall–Kier alpha value is -1.62. The van der Waals surface area contributed by atoms with E-state index in [1.165, 1.54) is 63.5 Å². The third-order valence-electron chi connectivity index (χ3n) is 7.08. The lowest BCUT2D eigenvalue weighted by atomic mass is 9.86. The largest absolute Gasteiger partial charge is 0.481 e. The van der Waals surface area contributed by atoms with Crippen molar-refractivity contribution < 1.29 is 13.9 Å². The van der Waals surface area contributed by atoms with Crippen LogP contribution in [0.5, 0.6) is 5.75 Å². The van der Waals surface area contributed by atoms with E-state index in [2.05, 4.69) is 18.7 Å². The van der Waals surface area contributed by atoms with E-state index in [4.69, 9.17) is 4.74 Å². The second-order valence-corrected chi connectivity index (χ2v) is 9.43. The smallest absolute Gasteiger partial charge is 0.265 e. The number of unbranched alkanes of at least 4 members (excludes halogenated alkanes) is 2. The van der Waals surface area contributed by atoms with Gasteiger partial charge in [0.2, 0.25) is 0 Å². The van der Waals surface area contributed by atoms with Gasteiger partial charge in [-0.1, -0.05) is 39.5 Å². The Morgan fingerprint density at radius 3 is 2.66 bits per heavy atom. The minimum Gasteiger partial charge on any atom is -0.481 e. The van der Waals surface area contributed by atoms with Gasteiger partial charge >= 0.3 is 0 Å². The van der Waals surface area contributed by atoms with E-state index in [-0.39, 0.29) is 18.3 Å². The van der Waals surface area contributed by atoms with Crippen LogP contribution in [-0.2, 0) is 4.79 Å². The average Bonchev–Trinajstić information content (AvgIpc) is 2.92. The van der Waals surface area contributed by atoms with Crippen LogP contribution < -0.4 is 9.64 Å². The summed E-state index contributed by atoms with van der Waals surface area (Å²) in [5, 5.41) is 0. The van der Waals surface area contributed by atoms with Crippen LogP contribution in [0, 0.1) is 17.7 Å². The normalized spacial score (nSPS) is 27.6. The van der Waals surface area contributed by atoms with E-state index in [9.17, 15) is 9.18 Å². The summed E-state index contributed by atoms with van der Waals surface area (Å²) in [6, 6.07) is 5.90. The zero-order chi connectivity index (χ0) is 20.4. The van der Waals surface area contributed by atoms with Crippen molar-refractivity contribution in [3.63, 3.8) is 0 Å². The highest BCUT2D eigenvalue weighted by Crippen LogP contribution is 2.41. The van der Waals surface area contributed by atoms with Crippen LogP contribution in [0.4, 0.5) is 10.1 Å². The van der Waals surface area contributed by atoms with Crippen molar-refractivity contribution >= 4 is 11.6 Å². The van der Waals surface area contributed by atoms with Crippen molar-refractivity contribution in [1.29, 1.82) is 0 Å². The molecule has 0 saturated carbocycles. The van der Waals surface area contributed by atoms with Crippen molar-refractivity contribution in [3.8, 4) is 5.75 Å². The number of amides is 1. The fraction of sp³-hybridized carbons (Fsp3) is 0.708. The molecule has 3 aliphatic rings. The van der Waals surface area contributed by atoms with E-state index in [1.807, 2.05) is 0 Å². The molecule has 4 atom stereocenters. The molecule has 0 aromatic heterocycles. The summed E-state index contributed by atoms with van der Waals surface area (Å²) < 4.78 is 19.0. The fourth-order valence-electron chi connectivity index (χ4n) is 5.71. The predicted octanol–water partition coefficient (Wildman–Crippen LogP) is 5.01. The molecule has 0 aliphatic carbocycles. The second kappa shape index (κ2) is 9.03. The monoisotopic (exact) mass is 402 g/mol. The Bertz CT molecular complexity index is 711. The molecule has 1 aromatic rings. The number of piperidine rings is 1. The minimum atomic E-state index is -0.329. The lowest BCUT2D eigenvalue weighted by Crippen LogP contribution is -2.48. The van der Waals surface area contributed by atoms with Gasteiger partial charge in [0, 0.05) is 31.2 Å². The zero-order valence-electron chi connectivity index (χ0n) is 17.9. The molecule has 2 fully saturated rings. The highest BCUT2D eigenvalue weighted by molar-refractivity contribution is 5.97. The molecule has 3 heterocycles. The molecular weight excluding hydrogens is 367 g/mol. The number of ether oxygens (including phenoxy) is 1. The van der Waals surface area contributed by atoms with Crippen molar-refractivity contribution in [1.82, 2.24) is 4.90 Å². The lowest BCUT2D eigenvalue weighted by Gasteiger charge is -2.41. The Kier molecular flexibility index (Phi) is 6.43. The van der Waals surface area contributed by atoms with Crippen LogP contribution >= 0.6 is 0 Å². The molecule has 4 rings (SSSR count). The van der Waals surface area contributed by atoms with Gasteiger partial charge in [0.05, 0.1) is 5.69 Å². The summed E-state index contributed by atoms with van der Waals surface area (Å²) in [6.07, 6.45) is 10.8. The van der Waals surface area contributed by atoms with Crippen LogP contribution in [0.2, 0.25) is 0 Å². The number of anilines is 1. The predicted molar refractivity (Wildman–Crippen MR) is 114 cm³/mol. The van der Waals surface area contributed by atoms with E-state index in [0.717, 1.165) is 24.5 Å². The van der Waals surface area contributed by atoms with Crippen molar-refractivity contribution in [2.45, 2.75) is 77.3 Å². The Labute approximate surface area is 174 Å². The first-order valence-electron chi connectivity index (χ1n) is 11.5. The molecule has 1 amide bonds. The molecular formula is C24H35FN2O2. The number of hydrogen-bond donors (Lipinski definition) is 0. The summed E-state index contributed by atoms with van der Waals surface area (Å²) in [5.41, 5.74) is 0.701. The second-order valence-electron chi connectivity index (χ2n) is 9.43. The topological polar surface area (TPSA) is 32.8 Å². The SMILES string of the molecule is CCCCCC1CC2CC[C@H](C1)N2CC(C)CN1C(=O)COc2cc(F)ccc21. The third kappa shape index (κ3) is 4.60. The van der Waals surface area contributed by atoms with Crippen molar-refractivity contribution in [2.75, 3.05) is 24.6 Å². The minimum absolute atomic E-state index is 0.00240. The van der Waals surface area contributed by atoms with Gasteiger partial charge in [0.15, 0.2) is 6.61 Å². The van der Waals surface area contributed by atoms with Crippen molar-refractivity contribution in [3.05, 3.63) is 24.0 Å². The zero-order valence-corrected chi connectivity index (χ0v) is 17.9. The third-order valence-corrected chi connectivity index (χ3v) is 7.08. The van der Waals surface area contributed by atoms with Gasteiger partial charge in [0.25, 0.3) is 5.91 Å². The van der Waals surface area contributed by atoms with Crippen LogP contribution in [0.3, 0.4) is 0 Å². The molecule has 3 unspecified atom stereocenters. The number of nitrogens with zero attached hydrogens (tertiary/aromatic N) is 2. The first-order valence-corrected chi connectivity index (χ1v) is 11.5. The van der Waals surface area contributed by atoms with E-state index < -0.39 is 0 Å². The molecule has 160 valence electrons. The van der Waals surface area contributed by atoms with Gasteiger partial charge in [-0.2, -0.15) is 0 Å². The summed E-state index contributed by atoms with van der Waals surface area (Å²) in [5.74, 6) is 1.39. The van der Waals surface area contributed by atoms with Crippen molar-refractivity contribution in [2.24, 2.45) is 11.8 Å². The number of rotatable bonds is 8. The lowest BCUT2D eigenvalue weighted by molar-refractivity contribution is -0.121. The number of benzene rings is 1. The van der Waals surface area contributed by atoms with Crippen LogP contribution in [0.1, 0.15) is 65.2 Å². The first-order chi connectivity index (χ1) is 14.0. The molecule has 5 heteroatoms. The number of fused-ring (bicyclic) bond motifs is 3. The molecule has 2 bridgehead atoms. The standard InChI is InChI=1S/C24H35FN2O2/c1-3-4-5-6-18-11-20-8-9-21(12-18)26(20)14-17(2)15-27-22-10-7-19(25)13-23(22)29-16-24(27)28/h7,10,13,17-18,20-21H,3-6,8-9,11-12,14-16H2,1-2H3/t17?,18?,20-,21?/m1/s1. The molecule has 3 aliphatic heterocycles. The van der Waals surface area contributed by atoms with Crippen LogP contribution in [-0.4, -0.2) is 42.6 Å². The van der Waals surface area contributed by atoms with Gasteiger partial charge in [-0.25, -0.2) is 4.39 Å². The van der Waals surface area contributed by atoms with E-state index >= 15 is 0 Å². The Morgan fingerprint density at radius 1 is 1.17 bits per heavy atom. The van der Waals surface area contributed by atoms with E-state index in [1.54, 1.807) is 11.0 Å². The highest BCUT2D eigenvalue weighted by atomic mass is 19.1. The average molecular weight is 403 g/mol. The number of carbonyl (C=O) groups excluding carboxylic acids is 1. The van der Waals surface area contributed by atoms with Gasteiger partial charge in [-0.3, -0.25) is 9.69 Å². The quantitative estimate of drug-likeness (QED) is 0.573. The maximum atomic E-state index is 13.5. The molecule has 4 nitrogen and oxygen atoms in total. The van der Waals surface area contributed by atoms with Gasteiger partial charge in [0.1, 0.15) is 11.6 Å². The van der Waals surface area contributed by atoms with Gasteiger partial charge in [-0.05, 0) is 49.7 Å². The molecule has 0 N–H and O–H groups in total. The highest BCUT2D eigenvalue weighted by Gasteiger charge is 2.41. The summed E-state index contributed by atoms with van der Waals surface area (Å²) in [7, 11) is 0. The molecule has 2 saturated heterocycles. The van der Waals surface area contributed by atoms with Crippen LogP contribution in [0.15, 0.2) is 18.2 Å². The van der Waals surface area contributed by atoms with Gasteiger partial charge in [-0.15, -0.1) is 0 Å². The summed E-state index contributed by atoms with van der Waals surface area (Å²) in [4.78, 5) is 17.0. The molecule has 0 radical (unpaired) electrons. The Morgan fingerprint density at radius 2 is 1.93 bits per heavy atom. The van der Waals surface area contributed by atoms with Gasteiger partial charge < -0.3 is 9.64 Å². The molecule has 1 aromatic carbocycles. The number of carbonyl (C=O) groups is 1.